The first-order valence-corrected chi connectivity index (χ1v) is 5.59. The monoisotopic (exact) mass is 251 g/mol. The van der Waals surface area contributed by atoms with Crippen molar-refractivity contribution in [2.75, 3.05) is 26.2 Å². The fraction of sp³-hybridized carbons (Fsp3) is 0.364. The molecule has 1 amide bonds. The molecule has 0 unspecified atom stereocenters. The molecule has 1 fully saturated rings. The van der Waals surface area contributed by atoms with Crippen molar-refractivity contribution in [3.05, 3.63) is 34.4 Å². The van der Waals surface area contributed by atoms with E-state index in [0.29, 0.717) is 13.1 Å². The van der Waals surface area contributed by atoms with Crippen LogP contribution in [0.5, 0.6) is 5.75 Å². The smallest absolute Gasteiger partial charge is 0.410 e. The summed E-state index contributed by atoms with van der Waals surface area (Å²) in [5.74, 6) is 0.188. The average Bonchev–Trinajstić information content (AvgIpc) is 2.40. The van der Waals surface area contributed by atoms with Crippen LogP contribution in [-0.4, -0.2) is 42.1 Å². The second kappa shape index (κ2) is 5.46. The van der Waals surface area contributed by atoms with Gasteiger partial charge < -0.3 is 15.0 Å². The van der Waals surface area contributed by atoms with E-state index in [-0.39, 0.29) is 11.4 Å². The van der Waals surface area contributed by atoms with Gasteiger partial charge in [0.15, 0.2) is 0 Å². The highest BCUT2D eigenvalue weighted by molar-refractivity contribution is 5.71. The third-order valence-electron chi connectivity index (χ3n) is 2.61. The maximum Gasteiger partial charge on any atom is 0.415 e. The van der Waals surface area contributed by atoms with Crippen molar-refractivity contribution < 1.29 is 14.5 Å². The van der Waals surface area contributed by atoms with Crippen molar-refractivity contribution in [2.24, 2.45) is 0 Å². The number of non-ortho nitro benzene ring substituents is 1. The number of nitrogens with zero attached hydrogens (tertiary/aromatic N) is 2. The van der Waals surface area contributed by atoms with Gasteiger partial charge in [-0.3, -0.25) is 10.1 Å². The summed E-state index contributed by atoms with van der Waals surface area (Å²) in [6.07, 6.45) is -0.475. The topological polar surface area (TPSA) is 84.7 Å². The second-order valence-electron chi connectivity index (χ2n) is 3.86. The summed E-state index contributed by atoms with van der Waals surface area (Å²) in [5, 5.41) is 13.7. The van der Waals surface area contributed by atoms with Crippen molar-refractivity contribution in [3.8, 4) is 5.75 Å². The predicted octanol–water partition coefficient (Wildman–Crippen LogP) is 0.999. The molecule has 1 aromatic carbocycles. The van der Waals surface area contributed by atoms with Gasteiger partial charge in [0.25, 0.3) is 5.69 Å². The van der Waals surface area contributed by atoms with Crippen LogP contribution in [0.25, 0.3) is 0 Å². The van der Waals surface area contributed by atoms with Crippen molar-refractivity contribution in [1.29, 1.82) is 0 Å². The summed E-state index contributed by atoms with van der Waals surface area (Å²) >= 11 is 0. The Bertz CT molecular complexity index is 457. The molecule has 0 aromatic heterocycles. The second-order valence-corrected chi connectivity index (χ2v) is 3.86. The van der Waals surface area contributed by atoms with Gasteiger partial charge in [0, 0.05) is 32.2 Å². The SMILES string of the molecule is O=C(Oc1cccc([N+](=O)[O-])c1)N1CCNCC1. The van der Waals surface area contributed by atoms with Gasteiger partial charge in [-0.05, 0) is 6.07 Å². The first kappa shape index (κ1) is 12.3. The highest BCUT2D eigenvalue weighted by atomic mass is 16.6. The first-order valence-electron chi connectivity index (χ1n) is 5.59. The van der Waals surface area contributed by atoms with Gasteiger partial charge in [-0.15, -0.1) is 0 Å². The van der Waals surface area contributed by atoms with Crippen LogP contribution in [-0.2, 0) is 0 Å². The number of carbonyl (C=O) groups is 1. The van der Waals surface area contributed by atoms with Crippen molar-refractivity contribution in [2.45, 2.75) is 0 Å². The van der Waals surface area contributed by atoms with E-state index in [1.807, 2.05) is 0 Å². The molecule has 0 atom stereocenters. The molecule has 0 bridgehead atoms. The normalized spacial score (nSPS) is 15.2. The Labute approximate surface area is 103 Å². The maximum atomic E-state index is 11.8. The lowest BCUT2D eigenvalue weighted by Crippen LogP contribution is -2.47. The number of amides is 1. The van der Waals surface area contributed by atoms with E-state index in [4.69, 9.17) is 4.74 Å². The molecule has 7 heteroatoms. The molecule has 18 heavy (non-hydrogen) atoms. The Kier molecular flexibility index (Phi) is 3.73. The zero-order valence-electron chi connectivity index (χ0n) is 9.67. The summed E-state index contributed by atoms with van der Waals surface area (Å²) in [7, 11) is 0. The fourth-order valence-corrected chi connectivity index (χ4v) is 1.67. The van der Waals surface area contributed by atoms with Gasteiger partial charge in [0.1, 0.15) is 5.75 Å². The van der Waals surface area contributed by atoms with E-state index in [9.17, 15) is 14.9 Å². The molecule has 96 valence electrons. The minimum Gasteiger partial charge on any atom is -0.410 e. The number of nitro groups is 1. The molecule has 1 aromatic rings. The van der Waals surface area contributed by atoms with Gasteiger partial charge in [0.05, 0.1) is 11.0 Å². The summed E-state index contributed by atoms with van der Waals surface area (Å²) in [6, 6.07) is 5.59. The van der Waals surface area contributed by atoms with Gasteiger partial charge in [-0.1, -0.05) is 6.07 Å². The highest BCUT2D eigenvalue weighted by Gasteiger charge is 2.18. The molecular formula is C11H13N3O4. The molecule has 0 aliphatic carbocycles. The average molecular weight is 251 g/mol. The molecule has 1 saturated heterocycles. The molecule has 0 radical (unpaired) electrons. The summed E-state index contributed by atoms with van der Waals surface area (Å²) in [5.41, 5.74) is -0.0967. The number of rotatable bonds is 2. The van der Waals surface area contributed by atoms with Crippen LogP contribution in [0.3, 0.4) is 0 Å². The number of hydrogen-bond donors (Lipinski definition) is 1. The lowest BCUT2D eigenvalue weighted by Gasteiger charge is -2.26. The summed E-state index contributed by atoms with van der Waals surface area (Å²) in [6.45, 7) is 2.61. The molecular weight excluding hydrogens is 238 g/mol. The van der Waals surface area contributed by atoms with Gasteiger partial charge in [-0.2, -0.15) is 0 Å². The minimum absolute atomic E-state index is 0.0967. The van der Waals surface area contributed by atoms with Crippen LogP contribution < -0.4 is 10.1 Å². The molecule has 7 nitrogen and oxygen atoms in total. The molecule has 2 rings (SSSR count). The van der Waals surface area contributed by atoms with Gasteiger partial charge in [-0.25, -0.2) is 4.79 Å². The first-order chi connectivity index (χ1) is 8.66. The van der Waals surface area contributed by atoms with E-state index < -0.39 is 11.0 Å². The number of piperazine rings is 1. The highest BCUT2D eigenvalue weighted by Crippen LogP contribution is 2.19. The Balaban J connectivity index is 2.02. The van der Waals surface area contributed by atoms with E-state index >= 15 is 0 Å². The Morgan fingerprint density at radius 1 is 1.39 bits per heavy atom. The number of nitrogens with one attached hydrogen (secondary N) is 1. The standard InChI is InChI=1S/C11H13N3O4/c15-11(13-6-4-12-5-7-13)18-10-3-1-2-9(8-10)14(16)17/h1-3,8,12H,4-7H2. The molecule has 1 N–H and O–H groups in total. The molecule has 0 spiro atoms. The van der Waals surface area contributed by atoms with Crippen LogP contribution in [0.15, 0.2) is 24.3 Å². The quantitative estimate of drug-likeness (QED) is 0.626. The van der Waals surface area contributed by atoms with Crippen molar-refractivity contribution in [3.63, 3.8) is 0 Å². The third-order valence-corrected chi connectivity index (χ3v) is 2.61. The van der Waals surface area contributed by atoms with Crippen molar-refractivity contribution >= 4 is 11.8 Å². The number of carbonyl (C=O) groups excluding carboxylic acids is 1. The number of ether oxygens (including phenoxy) is 1. The number of hydrogen-bond acceptors (Lipinski definition) is 5. The largest absolute Gasteiger partial charge is 0.415 e. The lowest BCUT2D eigenvalue weighted by atomic mass is 10.3. The maximum absolute atomic E-state index is 11.8. The lowest BCUT2D eigenvalue weighted by molar-refractivity contribution is -0.384. The minimum atomic E-state index is -0.526. The predicted molar refractivity (Wildman–Crippen MR) is 63.6 cm³/mol. The summed E-state index contributed by atoms with van der Waals surface area (Å²) in [4.78, 5) is 23.4. The molecule has 1 aliphatic heterocycles. The van der Waals surface area contributed by atoms with Crippen LogP contribution >= 0.6 is 0 Å². The third kappa shape index (κ3) is 2.95. The summed E-state index contributed by atoms with van der Waals surface area (Å²) < 4.78 is 5.10. The Hall–Kier alpha value is -2.15. The fourth-order valence-electron chi connectivity index (χ4n) is 1.67. The number of benzene rings is 1. The molecule has 1 aliphatic rings. The van der Waals surface area contributed by atoms with Gasteiger partial charge in [0.2, 0.25) is 0 Å². The van der Waals surface area contributed by atoms with Crippen LogP contribution in [0.4, 0.5) is 10.5 Å². The van der Waals surface area contributed by atoms with Crippen LogP contribution in [0, 0.1) is 10.1 Å². The van der Waals surface area contributed by atoms with Gasteiger partial charge >= 0.3 is 6.09 Å². The Morgan fingerprint density at radius 3 is 2.78 bits per heavy atom. The molecule has 0 saturated carbocycles. The zero-order chi connectivity index (χ0) is 13.0. The number of nitro benzene ring substituents is 1. The van der Waals surface area contributed by atoms with E-state index in [1.165, 1.54) is 24.3 Å². The Morgan fingerprint density at radius 2 is 2.11 bits per heavy atom. The van der Waals surface area contributed by atoms with Crippen molar-refractivity contribution in [1.82, 2.24) is 10.2 Å². The van der Waals surface area contributed by atoms with Crippen LogP contribution in [0.2, 0.25) is 0 Å². The van der Waals surface area contributed by atoms with E-state index in [1.54, 1.807) is 4.90 Å². The molecule has 1 heterocycles. The zero-order valence-corrected chi connectivity index (χ0v) is 9.67. The van der Waals surface area contributed by atoms with Crippen LogP contribution in [0.1, 0.15) is 0 Å². The van der Waals surface area contributed by atoms with E-state index in [2.05, 4.69) is 5.32 Å². The van der Waals surface area contributed by atoms with E-state index in [0.717, 1.165) is 13.1 Å².